The lowest BCUT2D eigenvalue weighted by Gasteiger charge is -2.29. The van der Waals surface area contributed by atoms with E-state index < -0.39 is 6.04 Å². The molecule has 30 heavy (non-hydrogen) atoms. The first-order valence-electron chi connectivity index (χ1n) is 10.5. The van der Waals surface area contributed by atoms with Gasteiger partial charge in [-0.05, 0) is 54.5 Å². The largest absolute Gasteiger partial charge is 0.355 e. The normalized spacial score (nSPS) is 12.3. The minimum absolute atomic E-state index is 0.0857. The first-order valence-corrected chi connectivity index (χ1v) is 10.5. The number of aryl methyl sites for hydroxylation is 1. The van der Waals surface area contributed by atoms with Crippen LogP contribution in [-0.2, 0) is 28.0 Å². The van der Waals surface area contributed by atoms with Crippen molar-refractivity contribution >= 4 is 11.8 Å². The van der Waals surface area contributed by atoms with Crippen LogP contribution in [0.4, 0.5) is 4.39 Å². The number of benzene rings is 2. The highest BCUT2D eigenvalue weighted by molar-refractivity contribution is 5.87. The van der Waals surface area contributed by atoms with Crippen LogP contribution in [-0.4, -0.2) is 29.3 Å². The molecule has 5 heteroatoms. The number of amides is 2. The van der Waals surface area contributed by atoms with Gasteiger partial charge in [-0.25, -0.2) is 4.39 Å². The van der Waals surface area contributed by atoms with Crippen LogP contribution >= 0.6 is 0 Å². The van der Waals surface area contributed by atoms with Gasteiger partial charge < -0.3 is 10.2 Å². The van der Waals surface area contributed by atoms with Crippen molar-refractivity contribution in [3.05, 3.63) is 71.0 Å². The molecule has 0 saturated heterocycles. The number of nitrogens with one attached hydrogen (secondary N) is 1. The van der Waals surface area contributed by atoms with Crippen LogP contribution in [0.5, 0.6) is 0 Å². The Bertz CT molecular complexity index is 839. The van der Waals surface area contributed by atoms with Crippen molar-refractivity contribution < 1.29 is 14.0 Å². The third-order valence-electron chi connectivity index (χ3n) is 5.23. The fourth-order valence-corrected chi connectivity index (χ4v) is 3.26. The molecule has 4 nitrogen and oxygen atoms in total. The van der Waals surface area contributed by atoms with E-state index in [4.69, 9.17) is 0 Å². The maximum Gasteiger partial charge on any atom is 0.242 e. The maximum atomic E-state index is 13.2. The smallest absolute Gasteiger partial charge is 0.242 e. The summed E-state index contributed by atoms with van der Waals surface area (Å²) >= 11 is 0. The molecule has 0 spiro atoms. The zero-order valence-corrected chi connectivity index (χ0v) is 18.7. The molecular formula is C25H33FN2O2. The number of halogens is 1. The molecular weight excluding hydrogens is 379 g/mol. The summed E-state index contributed by atoms with van der Waals surface area (Å²) in [6.07, 6.45) is 0.908. The fraction of sp³-hybridized carbons (Fsp3) is 0.440. The van der Waals surface area contributed by atoms with Crippen molar-refractivity contribution in [1.82, 2.24) is 10.2 Å². The molecule has 0 saturated carbocycles. The van der Waals surface area contributed by atoms with Gasteiger partial charge in [-0.3, -0.25) is 9.59 Å². The average Bonchev–Trinajstić information content (AvgIpc) is 2.71. The zero-order chi connectivity index (χ0) is 22.3. The molecule has 162 valence electrons. The van der Waals surface area contributed by atoms with E-state index in [1.165, 1.54) is 17.7 Å². The van der Waals surface area contributed by atoms with Crippen molar-refractivity contribution in [1.29, 1.82) is 0 Å². The molecule has 0 unspecified atom stereocenters. The molecule has 2 amide bonds. The van der Waals surface area contributed by atoms with E-state index in [1.54, 1.807) is 24.0 Å². The van der Waals surface area contributed by atoms with Gasteiger partial charge >= 0.3 is 0 Å². The Morgan fingerprint density at radius 1 is 1.00 bits per heavy atom. The van der Waals surface area contributed by atoms with Gasteiger partial charge in [0.15, 0.2) is 0 Å². The van der Waals surface area contributed by atoms with E-state index >= 15 is 0 Å². The van der Waals surface area contributed by atoms with E-state index in [0.29, 0.717) is 19.4 Å². The number of carbonyl (C=O) groups excluding carboxylic acids is 2. The van der Waals surface area contributed by atoms with Gasteiger partial charge in [-0.15, -0.1) is 0 Å². The second-order valence-corrected chi connectivity index (χ2v) is 8.67. The molecule has 0 heterocycles. The minimum atomic E-state index is -0.606. The van der Waals surface area contributed by atoms with Gasteiger partial charge in [0.05, 0.1) is 0 Å². The molecule has 0 aromatic heterocycles. The molecule has 1 atom stereocenters. The van der Waals surface area contributed by atoms with Crippen molar-refractivity contribution in [3.63, 3.8) is 0 Å². The number of carbonyl (C=O) groups is 2. The van der Waals surface area contributed by atoms with Crippen molar-refractivity contribution in [2.45, 2.75) is 65.5 Å². The Hall–Kier alpha value is -2.69. The molecule has 0 aliphatic heterocycles. The molecule has 1 N–H and O–H groups in total. The predicted molar refractivity (Wildman–Crippen MR) is 119 cm³/mol. The predicted octanol–water partition coefficient (Wildman–Crippen LogP) is 4.61. The number of hydrogen-bond acceptors (Lipinski definition) is 2. The van der Waals surface area contributed by atoms with Gasteiger partial charge in [-0.2, -0.15) is 0 Å². The Morgan fingerprint density at radius 3 is 2.10 bits per heavy atom. The molecule has 0 aliphatic carbocycles. The van der Waals surface area contributed by atoms with Crippen LogP contribution in [0.1, 0.15) is 57.7 Å². The maximum absolute atomic E-state index is 13.2. The van der Waals surface area contributed by atoms with Crippen LogP contribution < -0.4 is 5.32 Å². The van der Waals surface area contributed by atoms with Crippen LogP contribution in [0, 0.1) is 5.82 Å². The van der Waals surface area contributed by atoms with E-state index in [9.17, 15) is 14.0 Å². The van der Waals surface area contributed by atoms with Gasteiger partial charge in [0.2, 0.25) is 11.8 Å². The van der Waals surface area contributed by atoms with E-state index in [2.05, 4.69) is 50.4 Å². The lowest BCUT2D eigenvalue weighted by Crippen LogP contribution is -2.47. The summed E-state index contributed by atoms with van der Waals surface area (Å²) in [6, 6.07) is 13.7. The fourth-order valence-electron chi connectivity index (χ4n) is 3.26. The molecule has 0 radical (unpaired) electrons. The quantitative estimate of drug-likeness (QED) is 0.688. The van der Waals surface area contributed by atoms with E-state index in [1.807, 2.05) is 6.92 Å². The lowest BCUT2D eigenvalue weighted by atomic mass is 9.86. The van der Waals surface area contributed by atoms with Crippen molar-refractivity contribution in [2.75, 3.05) is 6.54 Å². The molecule has 0 bridgehead atoms. The summed E-state index contributed by atoms with van der Waals surface area (Å²) in [6.45, 7) is 10.8. The van der Waals surface area contributed by atoms with Gasteiger partial charge in [-0.1, -0.05) is 57.2 Å². The molecule has 2 rings (SSSR count). The van der Waals surface area contributed by atoms with Crippen LogP contribution in [0.25, 0.3) is 0 Å². The Kier molecular flexibility index (Phi) is 8.16. The lowest BCUT2D eigenvalue weighted by molar-refractivity contribution is -0.140. The third-order valence-corrected chi connectivity index (χ3v) is 5.23. The van der Waals surface area contributed by atoms with Gasteiger partial charge in [0.1, 0.15) is 11.9 Å². The van der Waals surface area contributed by atoms with Crippen LogP contribution in [0.3, 0.4) is 0 Å². The summed E-state index contributed by atoms with van der Waals surface area (Å²) in [5.74, 6) is -0.618. The highest BCUT2D eigenvalue weighted by atomic mass is 19.1. The minimum Gasteiger partial charge on any atom is -0.355 e. The standard InChI is InChI=1S/C25H33FN2O2/c1-6-27-24(30)18(2)28(17-20-9-14-22(26)15-10-20)23(29)16-11-19-7-12-21(13-8-19)25(3,4)5/h7-10,12-15,18H,6,11,16-17H2,1-5H3,(H,27,30)/t18-/m1/s1. The topological polar surface area (TPSA) is 49.4 Å². The highest BCUT2D eigenvalue weighted by Gasteiger charge is 2.25. The number of hydrogen-bond donors (Lipinski definition) is 1. The number of nitrogens with zero attached hydrogens (tertiary/aromatic N) is 1. The zero-order valence-electron chi connectivity index (χ0n) is 18.7. The van der Waals surface area contributed by atoms with Gasteiger partial charge in [0.25, 0.3) is 0 Å². The van der Waals surface area contributed by atoms with E-state index in [0.717, 1.165) is 11.1 Å². The highest BCUT2D eigenvalue weighted by Crippen LogP contribution is 2.22. The first kappa shape index (κ1) is 23.6. The first-order chi connectivity index (χ1) is 14.1. The second-order valence-electron chi connectivity index (χ2n) is 8.67. The Labute approximate surface area is 179 Å². The van der Waals surface area contributed by atoms with E-state index in [-0.39, 0.29) is 29.6 Å². The molecule has 2 aromatic rings. The van der Waals surface area contributed by atoms with Crippen LogP contribution in [0.2, 0.25) is 0 Å². The second kappa shape index (κ2) is 10.4. The molecule has 2 aromatic carbocycles. The van der Waals surface area contributed by atoms with Gasteiger partial charge in [0, 0.05) is 19.5 Å². The average molecular weight is 413 g/mol. The SMILES string of the molecule is CCNC(=O)[C@@H](C)N(Cc1ccc(F)cc1)C(=O)CCc1ccc(C(C)(C)C)cc1. The number of likely N-dealkylation sites (N-methyl/N-ethyl adjacent to an activating group) is 1. The summed E-state index contributed by atoms with van der Waals surface area (Å²) in [5.41, 5.74) is 3.21. The van der Waals surface area contributed by atoms with Crippen molar-refractivity contribution in [3.8, 4) is 0 Å². The Morgan fingerprint density at radius 2 is 1.57 bits per heavy atom. The summed E-state index contributed by atoms with van der Waals surface area (Å²) in [5, 5.41) is 2.78. The Balaban J connectivity index is 2.11. The summed E-state index contributed by atoms with van der Waals surface area (Å²) in [7, 11) is 0. The monoisotopic (exact) mass is 412 g/mol. The molecule has 0 fully saturated rings. The third kappa shape index (κ3) is 6.68. The number of rotatable bonds is 8. The molecule has 0 aliphatic rings. The summed E-state index contributed by atoms with van der Waals surface area (Å²) in [4.78, 5) is 27.0. The van der Waals surface area contributed by atoms with Crippen LogP contribution in [0.15, 0.2) is 48.5 Å². The van der Waals surface area contributed by atoms with Crippen molar-refractivity contribution in [2.24, 2.45) is 0 Å². The summed E-state index contributed by atoms with van der Waals surface area (Å²) < 4.78 is 13.2.